The van der Waals surface area contributed by atoms with Crippen molar-refractivity contribution in [2.45, 2.75) is 25.3 Å². The fraction of sp³-hybridized carbons (Fsp3) is 0.333. The van der Waals surface area contributed by atoms with Gasteiger partial charge < -0.3 is 10.1 Å². The minimum absolute atomic E-state index is 0.190. The normalized spacial score (nSPS) is 11.6. The molecular weight excluding hydrogens is 280 g/mol. The van der Waals surface area contributed by atoms with E-state index in [1.165, 1.54) is 7.11 Å². The monoisotopic (exact) mass is 297 g/mol. The molecule has 0 radical (unpaired) electrons. The Morgan fingerprint density at radius 1 is 1.33 bits per heavy atom. The Balaban J connectivity index is 2.78. The van der Waals surface area contributed by atoms with Gasteiger partial charge >= 0.3 is 5.97 Å². The summed E-state index contributed by atoms with van der Waals surface area (Å²) in [7, 11) is 1.21. The number of methoxy groups -OCH3 is 1. The number of carbonyl (C=O) groups is 2. The van der Waals surface area contributed by atoms with Crippen molar-refractivity contribution in [1.82, 2.24) is 5.32 Å². The number of hydrogen-bond acceptors (Lipinski definition) is 3. The molecule has 1 rings (SSSR count). The lowest BCUT2D eigenvalue weighted by molar-refractivity contribution is -0.143. The van der Waals surface area contributed by atoms with Gasteiger partial charge in [-0.1, -0.05) is 6.08 Å². The number of ether oxygens (including phenoxy) is 1. The Hall–Kier alpha value is -2.24. The van der Waals surface area contributed by atoms with Gasteiger partial charge in [0, 0.05) is 11.6 Å². The zero-order valence-electron chi connectivity index (χ0n) is 11.7. The summed E-state index contributed by atoms with van der Waals surface area (Å²) in [5, 5.41) is 2.42. The molecule has 1 aromatic rings. The maximum atomic E-state index is 13.1. The Morgan fingerprint density at radius 2 is 1.95 bits per heavy atom. The van der Waals surface area contributed by atoms with Crippen LogP contribution in [0.1, 0.15) is 29.6 Å². The van der Waals surface area contributed by atoms with E-state index in [1.807, 2.05) is 0 Å². The molecule has 1 aromatic carbocycles. The van der Waals surface area contributed by atoms with Gasteiger partial charge in [-0.2, -0.15) is 0 Å². The van der Waals surface area contributed by atoms with Crippen molar-refractivity contribution in [3.8, 4) is 0 Å². The lowest BCUT2D eigenvalue weighted by Crippen LogP contribution is -2.41. The second kappa shape index (κ2) is 8.14. The molecule has 1 atom stereocenters. The number of benzene rings is 1. The van der Waals surface area contributed by atoms with E-state index in [1.54, 1.807) is 6.08 Å². The van der Waals surface area contributed by atoms with Crippen LogP contribution in [0.3, 0.4) is 0 Å². The topological polar surface area (TPSA) is 55.4 Å². The summed E-state index contributed by atoms with van der Waals surface area (Å²) in [6.07, 6.45) is 3.35. The minimum atomic E-state index is -0.867. The van der Waals surface area contributed by atoms with Crippen LogP contribution in [-0.2, 0) is 9.53 Å². The molecule has 0 aliphatic carbocycles. The van der Waals surface area contributed by atoms with Gasteiger partial charge in [0.15, 0.2) is 0 Å². The largest absolute Gasteiger partial charge is 0.467 e. The van der Waals surface area contributed by atoms with Gasteiger partial charge in [0.1, 0.15) is 17.7 Å². The van der Waals surface area contributed by atoms with Crippen LogP contribution in [0.5, 0.6) is 0 Å². The third-order valence-electron chi connectivity index (χ3n) is 2.82. The molecule has 114 valence electrons. The molecule has 1 amide bonds. The molecule has 6 heteroatoms. The van der Waals surface area contributed by atoms with E-state index < -0.39 is 29.6 Å². The highest BCUT2D eigenvalue weighted by Gasteiger charge is 2.22. The molecule has 0 unspecified atom stereocenters. The molecular formula is C15H17F2NO3. The van der Waals surface area contributed by atoms with Crippen LogP contribution in [0.2, 0.25) is 0 Å². The van der Waals surface area contributed by atoms with Crippen LogP contribution in [0.25, 0.3) is 0 Å². The van der Waals surface area contributed by atoms with Gasteiger partial charge in [-0.25, -0.2) is 13.6 Å². The lowest BCUT2D eigenvalue weighted by Gasteiger charge is -2.16. The summed E-state index contributed by atoms with van der Waals surface area (Å²) in [4.78, 5) is 23.5. The molecule has 21 heavy (non-hydrogen) atoms. The fourth-order valence-electron chi connectivity index (χ4n) is 1.78. The number of halogens is 2. The minimum Gasteiger partial charge on any atom is -0.467 e. The van der Waals surface area contributed by atoms with Crippen LogP contribution in [0, 0.1) is 11.6 Å². The van der Waals surface area contributed by atoms with E-state index in [0.29, 0.717) is 25.3 Å². The molecule has 0 bridgehead atoms. The summed E-state index contributed by atoms with van der Waals surface area (Å²) in [5.74, 6) is -3.06. The number of hydrogen-bond donors (Lipinski definition) is 1. The van der Waals surface area contributed by atoms with E-state index in [-0.39, 0.29) is 5.56 Å². The summed E-state index contributed by atoms with van der Waals surface area (Å²) in [6.45, 7) is 3.56. The molecule has 4 nitrogen and oxygen atoms in total. The second-order valence-electron chi connectivity index (χ2n) is 4.43. The van der Waals surface area contributed by atoms with E-state index >= 15 is 0 Å². The average Bonchev–Trinajstić information content (AvgIpc) is 2.44. The SMILES string of the molecule is C=CCCC[C@H](NC(=O)c1cc(F)cc(F)c1)C(=O)OC. The average molecular weight is 297 g/mol. The van der Waals surface area contributed by atoms with Crippen molar-refractivity contribution in [3.63, 3.8) is 0 Å². The van der Waals surface area contributed by atoms with E-state index in [9.17, 15) is 18.4 Å². The quantitative estimate of drug-likeness (QED) is 0.478. The number of unbranched alkanes of at least 4 members (excludes halogenated alkanes) is 1. The standard InChI is InChI=1S/C15H17F2NO3/c1-3-4-5-6-13(15(20)21-2)18-14(19)10-7-11(16)9-12(17)8-10/h3,7-9,13H,1,4-6H2,2H3,(H,18,19)/t13-/m0/s1. The highest BCUT2D eigenvalue weighted by molar-refractivity contribution is 5.96. The van der Waals surface area contributed by atoms with Crippen molar-refractivity contribution in [2.75, 3.05) is 7.11 Å². The fourth-order valence-corrected chi connectivity index (χ4v) is 1.78. The second-order valence-corrected chi connectivity index (χ2v) is 4.43. The molecule has 1 N–H and O–H groups in total. The van der Waals surface area contributed by atoms with Gasteiger partial charge in [0.05, 0.1) is 7.11 Å². The molecule has 0 fully saturated rings. The van der Waals surface area contributed by atoms with Crippen molar-refractivity contribution >= 4 is 11.9 Å². The Morgan fingerprint density at radius 3 is 2.48 bits per heavy atom. The van der Waals surface area contributed by atoms with Gasteiger partial charge in [-0.05, 0) is 31.4 Å². The molecule has 0 saturated heterocycles. The predicted molar refractivity (Wildman–Crippen MR) is 73.7 cm³/mol. The Kier molecular flexibility index (Phi) is 6.52. The smallest absolute Gasteiger partial charge is 0.328 e. The molecule has 0 aliphatic heterocycles. The summed E-state index contributed by atoms with van der Waals surface area (Å²) < 4.78 is 30.8. The Labute approximate surface area is 121 Å². The third-order valence-corrected chi connectivity index (χ3v) is 2.82. The third kappa shape index (κ3) is 5.33. The highest BCUT2D eigenvalue weighted by Crippen LogP contribution is 2.10. The molecule has 0 spiro atoms. The van der Waals surface area contributed by atoms with Crippen molar-refractivity contribution in [1.29, 1.82) is 0 Å². The first kappa shape index (κ1) is 16.8. The van der Waals surface area contributed by atoms with E-state index in [2.05, 4.69) is 16.6 Å². The van der Waals surface area contributed by atoms with Gasteiger partial charge in [0.2, 0.25) is 0 Å². The number of allylic oxidation sites excluding steroid dienone is 1. The Bertz CT molecular complexity index is 511. The van der Waals surface area contributed by atoms with E-state index in [4.69, 9.17) is 0 Å². The number of amides is 1. The number of carbonyl (C=O) groups excluding carboxylic acids is 2. The first-order valence-corrected chi connectivity index (χ1v) is 6.43. The predicted octanol–water partition coefficient (Wildman–Crippen LogP) is 2.59. The molecule has 0 aliphatic rings. The summed E-state index contributed by atoms with van der Waals surface area (Å²) in [5.41, 5.74) is -0.190. The number of nitrogens with one attached hydrogen (secondary N) is 1. The zero-order chi connectivity index (χ0) is 15.8. The molecule has 0 saturated carbocycles. The highest BCUT2D eigenvalue weighted by atomic mass is 19.1. The summed E-state index contributed by atoms with van der Waals surface area (Å²) in [6, 6.07) is 1.60. The van der Waals surface area contributed by atoms with Gasteiger partial charge in [-0.15, -0.1) is 6.58 Å². The van der Waals surface area contributed by atoms with Crippen LogP contribution in [0.15, 0.2) is 30.9 Å². The molecule has 0 aromatic heterocycles. The van der Waals surface area contributed by atoms with Crippen molar-refractivity contribution in [2.24, 2.45) is 0 Å². The summed E-state index contributed by atoms with van der Waals surface area (Å²) >= 11 is 0. The maximum Gasteiger partial charge on any atom is 0.328 e. The first-order valence-electron chi connectivity index (χ1n) is 6.43. The number of esters is 1. The first-order chi connectivity index (χ1) is 9.97. The number of rotatable bonds is 7. The van der Waals surface area contributed by atoms with Crippen LogP contribution in [-0.4, -0.2) is 25.0 Å². The van der Waals surface area contributed by atoms with Crippen molar-refractivity contribution in [3.05, 3.63) is 48.1 Å². The van der Waals surface area contributed by atoms with Crippen LogP contribution >= 0.6 is 0 Å². The van der Waals surface area contributed by atoms with Crippen LogP contribution < -0.4 is 5.32 Å². The van der Waals surface area contributed by atoms with Crippen molar-refractivity contribution < 1.29 is 23.1 Å². The maximum absolute atomic E-state index is 13.1. The van der Waals surface area contributed by atoms with E-state index in [0.717, 1.165) is 12.1 Å². The molecule has 0 heterocycles. The lowest BCUT2D eigenvalue weighted by atomic mass is 10.1. The van der Waals surface area contributed by atoms with Crippen LogP contribution in [0.4, 0.5) is 8.78 Å². The zero-order valence-corrected chi connectivity index (χ0v) is 11.7. The van der Waals surface area contributed by atoms with Gasteiger partial charge in [-0.3, -0.25) is 4.79 Å². The van der Waals surface area contributed by atoms with Gasteiger partial charge in [0.25, 0.3) is 5.91 Å².